The summed E-state index contributed by atoms with van der Waals surface area (Å²) in [6.45, 7) is 6.69. The maximum atomic E-state index is 5.88. The standard InChI is InChI=1S/C15H23NO2/c1-3-10-16-13-8-6-11-18-15-12(13)7-5-9-14(15)17-4-2/h5,7,9,13,16H,3-4,6,8,10-11H2,1-2H3. The molecular weight excluding hydrogens is 226 g/mol. The van der Waals surface area contributed by atoms with Crippen LogP contribution in [0.15, 0.2) is 18.2 Å². The van der Waals surface area contributed by atoms with E-state index in [0.717, 1.165) is 43.9 Å². The van der Waals surface area contributed by atoms with Crippen LogP contribution in [0.3, 0.4) is 0 Å². The largest absolute Gasteiger partial charge is 0.490 e. The van der Waals surface area contributed by atoms with Crippen LogP contribution in [-0.2, 0) is 0 Å². The summed E-state index contributed by atoms with van der Waals surface area (Å²) >= 11 is 0. The zero-order valence-corrected chi connectivity index (χ0v) is 11.4. The lowest BCUT2D eigenvalue weighted by atomic mass is 10.0. The van der Waals surface area contributed by atoms with Gasteiger partial charge < -0.3 is 14.8 Å². The summed E-state index contributed by atoms with van der Waals surface area (Å²) in [6.07, 6.45) is 3.36. The van der Waals surface area contributed by atoms with Gasteiger partial charge in [-0.1, -0.05) is 19.1 Å². The Kier molecular flexibility index (Phi) is 4.88. The SMILES string of the molecule is CCCNC1CCCOc2c(OCC)cccc21. The molecule has 0 bridgehead atoms. The Bertz CT molecular complexity index is 379. The molecule has 2 rings (SSSR count). The maximum absolute atomic E-state index is 5.88. The van der Waals surface area contributed by atoms with Gasteiger partial charge in [-0.05, 0) is 38.8 Å². The molecule has 3 nitrogen and oxygen atoms in total. The van der Waals surface area contributed by atoms with Crippen molar-refractivity contribution in [3.63, 3.8) is 0 Å². The van der Waals surface area contributed by atoms with Crippen LogP contribution >= 0.6 is 0 Å². The highest BCUT2D eigenvalue weighted by atomic mass is 16.5. The summed E-state index contributed by atoms with van der Waals surface area (Å²) in [5, 5.41) is 3.60. The topological polar surface area (TPSA) is 30.5 Å². The second-order valence-corrected chi connectivity index (χ2v) is 4.60. The summed E-state index contributed by atoms with van der Waals surface area (Å²) in [5.74, 6) is 1.81. The minimum Gasteiger partial charge on any atom is -0.490 e. The third-order valence-corrected chi connectivity index (χ3v) is 3.21. The molecule has 1 N–H and O–H groups in total. The van der Waals surface area contributed by atoms with Crippen LogP contribution in [0, 0.1) is 0 Å². The normalized spacial score (nSPS) is 18.7. The number of hydrogen-bond donors (Lipinski definition) is 1. The van der Waals surface area contributed by atoms with Crippen LogP contribution in [-0.4, -0.2) is 19.8 Å². The van der Waals surface area contributed by atoms with Crippen LogP contribution in [0.5, 0.6) is 11.5 Å². The van der Waals surface area contributed by atoms with E-state index >= 15 is 0 Å². The van der Waals surface area contributed by atoms with Gasteiger partial charge in [-0.3, -0.25) is 0 Å². The predicted molar refractivity (Wildman–Crippen MR) is 73.4 cm³/mol. The molecule has 1 atom stereocenters. The lowest BCUT2D eigenvalue weighted by Crippen LogP contribution is -2.21. The Balaban J connectivity index is 2.26. The van der Waals surface area contributed by atoms with Gasteiger partial charge in [-0.25, -0.2) is 0 Å². The Hall–Kier alpha value is -1.22. The molecule has 0 saturated carbocycles. The first-order chi connectivity index (χ1) is 8.86. The van der Waals surface area contributed by atoms with E-state index in [4.69, 9.17) is 9.47 Å². The van der Waals surface area contributed by atoms with Gasteiger partial charge in [0.25, 0.3) is 0 Å². The van der Waals surface area contributed by atoms with E-state index in [1.807, 2.05) is 13.0 Å². The molecule has 1 aliphatic rings. The smallest absolute Gasteiger partial charge is 0.165 e. The van der Waals surface area contributed by atoms with Crippen molar-refractivity contribution >= 4 is 0 Å². The number of nitrogens with one attached hydrogen (secondary N) is 1. The monoisotopic (exact) mass is 249 g/mol. The molecular formula is C15H23NO2. The third kappa shape index (κ3) is 2.96. The summed E-state index contributed by atoms with van der Waals surface area (Å²) in [7, 11) is 0. The fraction of sp³-hybridized carbons (Fsp3) is 0.600. The highest BCUT2D eigenvalue weighted by Crippen LogP contribution is 2.38. The number of ether oxygens (including phenoxy) is 2. The van der Waals surface area contributed by atoms with Gasteiger partial charge in [0.15, 0.2) is 11.5 Å². The molecule has 1 aliphatic heterocycles. The van der Waals surface area contributed by atoms with Crippen molar-refractivity contribution in [3.8, 4) is 11.5 Å². The van der Waals surface area contributed by atoms with E-state index in [0.29, 0.717) is 12.6 Å². The van der Waals surface area contributed by atoms with Gasteiger partial charge in [0.05, 0.1) is 13.2 Å². The third-order valence-electron chi connectivity index (χ3n) is 3.21. The molecule has 18 heavy (non-hydrogen) atoms. The minimum absolute atomic E-state index is 0.392. The number of benzene rings is 1. The highest BCUT2D eigenvalue weighted by Gasteiger charge is 2.21. The first kappa shape index (κ1) is 13.2. The first-order valence-electron chi connectivity index (χ1n) is 6.98. The lowest BCUT2D eigenvalue weighted by molar-refractivity contribution is 0.277. The number of hydrogen-bond acceptors (Lipinski definition) is 3. The average molecular weight is 249 g/mol. The van der Waals surface area contributed by atoms with Crippen molar-refractivity contribution in [2.45, 2.75) is 39.2 Å². The molecule has 0 amide bonds. The van der Waals surface area contributed by atoms with Gasteiger partial charge in [-0.2, -0.15) is 0 Å². The lowest BCUT2D eigenvalue weighted by Gasteiger charge is -2.19. The quantitative estimate of drug-likeness (QED) is 0.868. The van der Waals surface area contributed by atoms with Crippen LogP contribution in [0.4, 0.5) is 0 Å². The molecule has 0 spiro atoms. The van der Waals surface area contributed by atoms with Gasteiger partial charge in [0, 0.05) is 11.6 Å². The van der Waals surface area contributed by atoms with E-state index < -0.39 is 0 Å². The van der Waals surface area contributed by atoms with Crippen molar-refractivity contribution in [2.75, 3.05) is 19.8 Å². The second-order valence-electron chi connectivity index (χ2n) is 4.60. The Morgan fingerprint density at radius 3 is 3.06 bits per heavy atom. The highest BCUT2D eigenvalue weighted by molar-refractivity contribution is 5.48. The molecule has 0 saturated heterocycles. The summed E-state index contributed by atoms with van der Waals surface area (Å²) in [5.41, 5.74) is 1.24. The van der Waals surface area contributed by atoms with Gasteiger partial charge in [0.2, 0.25) is 0 Å². The molecule has 1 aromatic rings. The van der Waals surface area contributed by atoms with Crippen molar-refractivity contribution in [2.24, 2.45) is 0 Å². The number of para-hydroxylation sites is 1. The van der Waals surface area contributed by atoms with E-state index in [9.17, 15) is 0 Å². The minimum atomic E-state index is 0.392. The fourth-order valence-corrected chi connectivity index (χ4v) is 2.38. The molecule has 1 heterocycles. The number of rotatable bonds is 5. The van der Waals surface area contributed by atoms with Crippen LogP contribution in [0.1, 0.15) is 44.7 Å². The van der Waals surface area contributed by atoms with Crippen molar-refractivity contribution in [3.05, 3.63) is 23.8 Å². The summed E-state index contributed by atoms with van der Waals surface area (Å²) < 4.78 is 11.5. The van der Waals surface area contributed by atoms with E-state index in [2.05, 4.69) is 24.4 Å². The molecule has 0 aliphatic carbocycles. The van der Waals surface area contributed by atoms with Crippen LogP contribution in [0.25, 0.3) is 0 Å². The van der Waals surface area contributed by atoms with E-state index in [1.165, 1.54) is 5.56 Å². The summed E-state index contributed by atoms with van der Waals surface area (Å²) in [4.78, 5) is 0. The average Bonchev–Trinajstić information content (AvgIpc) is 2.60. The molecule has 1 aromatic carbocycles. The molecule has 1 unspecified atom stereocenters. The van der Waals surface area contributed by atoms with Crippen molar-refractivity contribution < 1.29 is 9.47 Å². The second kappa shape index (κ2) is 6.64. The van der Waals surface area contributed by atoms with Crippen molar-refractivity contribution in [1.82, 2.24) is 5.32 Å². The van der Waals surface area contributed by atoms with Crippen molar-refractivity contribution in [1.29, 1.82) is 0 Å². The Morgan fingerprint density at radius 1 is 1.39 bits per heavy atom. The molecule has 0 radical (unpaired) electrons. The van der Waals surface area contributed by atoms with E-state index in [1.54, 1.807) is 0 Å². The molecule has 100 valence electrons. The van der Waals surface area contributed by atoms with Gasteiger partial charge in [0.1, 0.15) is 0 Å². The molecule has 0 fully saturated rings. The number of fused-ring (bicyclic) bond motifs is 1. The maximum Gasteiger partial charge on any atom is 0.165 e. The van der Waals surface area contributed by atoms with Gasteiger partial charge in [-0.15, -0.1) is 0 Å². The zero-order chi connectivity index (χ0) is 12.8. The van der Waals surface area contributed by atoms with Crippen LogP contribution < -0.4 is 14.8 Å². The molecule has 3 heteroatoms. The Labute approximate surface area is 109 Å². The molecule has 0 aromatic heterocycles. The summed E-state index contributed by atoms with van der Waals surface area (Å²) in [6, 6.07) is 6.59. The first-order valence-corrected chi connectivity index (χ1v) is 6.98. The van der Waals surface area contributed by atoms with Crippen LogP contribution in [0.2, 0.25) is 0 Å². The van der Waals surface area contributed by atoms with Gasteiger partial charge >= 0.3 is 0 Å². The zero-order valence-electron chi connectivity index (χ0n) is 11.4. The van der Waals surface area contributed by atoms with E-state index in [-0.39, 0.29) is 0 Å². The Morgan fingerprint density at radius 2 is 2.28 bits per heavy atom. The predicted octanol–water partition coefficient (Wildman–Crippen LogP) is 3.30. The fourth-order valence-electron chi connectivity index (χ4n) is 2.38.